The zero-order valence-corrected chi connectivity index (χ0v) is 15.5. The van der Waals surface area contributed by atoms with Gasteiger partial charge in [-0.05, 0) is 25.7 Å². The summed E-state index contributed by atoms with van der Waals surface area (Å²) in [5, 5.41) is 0. The molecule has 0 atom stereocenters. The first-order valence-corrected chi connectivity index (χ1v) is 9.47. The van der Waals surface area contributed by atoms with E-state index in [0.717, 1.165) is 38.5 Å². The maximum absolute atomic E-state index is 12.8. The number of rotatable bonds is 2. The van der Waals surface area contributed by atoms with Gasteiger partial charge in [0.25, 0.3) is 0 Å². The van der Waals surface area contributed by atoms with E-state index in [0.29, 0.717) is 32.1 Å². The fourth-order valence-corrected chi connectivity index (χ4v) is 4.45. The molecular weight excluding hydrogens is 326 g/mol. The molecule has 0 aromatic heterocycles. The number of amides is 2. The summed E-state index contributed by atoms with van der Waals surface area (Å²) in [7, 11) is 0. The summed E-state index contributed by atoms with van der Waals surface area (Å²) in [5.41, 5.74) is 5.73. The standard InChI is InChI=1S/C18H31N3O2.ClH/c19-18(9-5-2-6-10-18)17(23)21-13-11-20(12-14-21)16(22)15-7-3-1-4-8-15;/h15H,1-14,19H2;1H. The first-order valence-electron chi connectivity index (χ1n) is 9.47. The first-order chi connectivity index (χ1) is 11.1. The van der Waals surface area contributed by atoms with E-state index < -0.39 is 5.54 Å². The van der Waals surface area contributed by atoms with Crippen LogP contribution in [-0.2, 0) is 9.59 Å². The summed E-state index contributed by atoms with van der Waals surface area (Å²) < 4.78 is 0. The zero-order chi connectivity index (χ0) is 16.3. The minimum Gasteiger partial charge on any atom is -0.339 e. The van der Waals surface area contributed by atoms with Crippen molar-refractivity contribution >= 4 is 24.2 Å². The molecule has 138 valence electrons. The number of piperazine rings is 1. The van der Waals surface area contributed by atoms with Gasteiger partial charge in [0.05, 0.1) is 5.54 Å². The van der Waals surface area contributed by atoms with Crippen molar-refractivity contribution in [2.45, 2.75) is 69.7 Å². The molecule has 0 bridgehead atoms. The Bertz CT molecular complexity index is 438. The van der Waals surface area contributed by atoms with Crippen molar-refractivity contribution < 1.29 is 9.59 Å². The molecule has 2 aliphatic carbocycles. The number of halogens is 1. The fourth-order valence-electron chi connectivity index (χ4n) is 4.45. The van der Waals surface area contributed by atoms with Crippen LogP contribution >= 0.6 is 12.4 Å². The Kier molecular flexibility index (Phi) is 6.93. The number of hydrogen-bond donors (Lipinski definition) is 1. The summed E-state index contributed by atoms with van der Waals surface area (Å²) in [5.74, 6) is 0.657. The van der Waals surface area contributed by atoms with E-state index in [4.69, 9.17) is 5.73 Å². The topological polar surface area (TPSA) is 66.6 Å². The maximum atomic E-state index is 12.8. The predicted molar refractivity (Wildman–Crippen MR) is 97.0 cm³/mol. The normalized spacial score (nSPS) is 25.0. The van der Waals surface area contributed by atoms with E-state index in [1.807, 2.05) is 9.80 Å². The van der Waals surface area contributed by atoms with Crippen LogP contribution in [0.15, 0.2) is 0 Å². The Hall–Kier alpha value is -0.810. The highest BCUT2D eigenvalue weighted by Gasteiger charge is 2.39. The molecule has 5 nitrogen and oxygen atoms in total. The molecule has 3 aliphatic rings. The summed E-state index contributed by atoms with van der Waals surface area (Å²) in [6.07, 6.45) is 10.7. The van der Waals surface area contributed by atoms with Gasteiger partial charge in [0, 0.05) is 32.1 Å². The molecule has 2 N–H and O–H groups in total. The van der Waals surface area contributed by atoms with E-state index in [-0.39, 0.29) is 24.2 Å². The van der Waals surface area contributed by atoms with Gasteiger partial charge in [0.2, 0.25) is 11.8 Å². The van der Waals surface area contributed by atoms with Crippen LogP contribution < -0.4 is 5.73 Å². The van der Waals surface area contributed by atoms with Crippen LogP contribution in [0.1, 0.15) is 64.2 Å². The van der Waals surface area contributed by atoms with E-state index in [9.17, 15) is 9.59 Å². The molecule has 1 heterocycles. The van der Waals surface area contributed by atoms with Crippen molar-refractivity contribution in [1.29, 1.82) is 0 Å². The van der Waals surface area contributed by atoms with Crippen molar-refractivity contribution in [3.63, 3.8) is 0 Å². The van der Waals surface area contributed by atoms with Gasteiger partial charge in [-0.1, -0.05) is 38.5 Å². The van der Waals surface area contributed by atoms with Gasteiger partial charge in [-0.25, -0.2) is 0 Å². The molecule has 3 rings (SSSR count). The maximum Gasteiger partial charge on any atom is 0.242 e. The highest BCUT2D eigenvalue weighted by molar-refractivity contribution is 5.87. The van der Waals surface area contributed by atoms with Crippen LogP contribution in [-0.4, -0.2) is 53.3 Å². The van der Waals surface area contributed by atoms with Gasteiger partial charge in [-0.3, -0.25) is 9.59 Å². The predicted octanol–water partition coefficient (Wildman–Crippen LogP) is 2.32. The third kappa shape index (κ3) is 4.23. The summed E-state index contributed by atoms with van der Waals surface area (Å²) in [4.78, 5) is 29.2. The lowest BCUT2D eigenvalue weighted by molar-refractivity contribution is -0.146. The minimum atomic E-state index is -0.645. The van der Waals surface area contributed by atoms with Crippen LogP contribution in [0.4, 0.5) is 0 Å². The van der Waals surface area contributed by atoms with Gasteiger partial charge in [-0.2, -0.15) is 0 Å². The molecule has 0 aromatic carbocycles. The van der Waals surface area contributed by atoms with E-state index >= 15 is 0 Å². The smallest absolute Gasteiger partial charge is 0.242 e. The Balaban J connectivity index is 0.00000208. The van der Waals surface area contributed by atoms with Gasteiger partial charge in [0.1, 0.15) is 0 Å². The second-order valence-electron chi connectivity index (χ2n) is 7.67. The van der Waals surface area contributed by atoms with Crippen LogP contribution in [0.2, 0.25) is 0 Å². The quantitative estimate of drug-likeness (QED) is 0.824. The molecule has 0 radical (unpaired) electrons. The molecule has 0 spiro atoms. The Labute approximate surface area is 151 Å². The largest absolute Gasteiger partial charge is 0.339 e. The SMILES string of the molecule is Cl.NC1(C(=O)N2CCN(C(=O)C3CCCCC3)CC2)CCCCC1. The van der Waals surface area contributed by atoms with Gasteiger partial charge >= 0.3 is 0 Å². The average molecular weight is 358 g/mol. The summed E-state index contributed by atoms with van der Waals surface area (Å²) in [6.45, 7) is 2.65. The Morgan fingerprint density at radius 2 is 1.29 bits per heavy atom. The molecule has 0 unspecified atom stereocenters. The van der Waals surface area contributed by atoms with Crippen molar-refractivity contribution in [1.82, 2.24) is 9.80 Å². The summed E-state index contributed by atoms with van der Waals surface area (Å²) >= 11 is 0. The van der Waals surface area contributed by atoms with Crippen molar-refractivity contribution in [2.24, 2.45) is 11.7 Å². The average Bonchev–Trinajstić information content (AvgIpc) is 2.62. The lowest BCUT2D eigenvalue weighted by atomic mass is 9.81. The molecule has 1 saturated heterocycles. The lowest BCUT2D eigenvalue weighted by Gasteiger charge is -2.41. The zero-order valence-electron chi connectivity index (χ0n) is 14.7. The van der Waals surface area contributed by atoms with Crippen LogP contribution in [0.5, 0.6) is 0 Å². The summed E-state index contributed by atoms with van der Waals surface area (Å²) in [6, 6.07) is 0. The first kappa shape index (κ1) is 19.5. The van der Waals surface area contributed by atoms with Crippen LogP contribution in [0.3, 0.4) is 0 Å². The lowest BCUT2D eigenvalue weighted by Crippen LogP contribution is -2.61. The van der Waals surface area contributed by atoms with E-state index in [2.05, 4.69) is 0 Å². The van der Waals surface area contributed by atoms with Crippen LogP contribution in [0.25, 0.3) is 0 Å². The molecule has 2 amide bonds. The minimum absolute atomic E-state index is 0. The monoisotopic (exact) mass is 357 g/mol. The van der Waals surface area contributed by atoms with Gasteiger partial charge < -0.3 is 15.5 Å². The molecule has 0 aromatic rings. The molecule has 24 heavy (non-hydrogen) atoms. The molecule has 2 saturated carbocycles. The van der Waals surface area contributed by atoms with Crippen molar-refractivity contribution in [2.75, 3.05) is 26.2 Å². The number of hydrogen-bond acceptors (Lipinski definition) is 3. The number of nitrogens with zero attached hydrogens (tertiary/aromatic N) is 2. The molecule has 6 heteroatoms. The number of carbonyl (C=O) groups excluding carboxylic acids is 2. The van der Waals surface area contributed by atoms with Gasteiger partial charge in [0.15, 0.2) is 0 Å². The van der Waals surface area contributed by atoms with E-state index in [1.54, 1.807) is 0 Å². The Morgan fingerprint density at radius 3 is 1.88 bits per heavy atom. The fraction of sp³-hybridized carbons (Fsp3) is 0.889. The van der Waals surface area contributed by atoms with Crippen LogP contribution in [0, 0.1) is 5.92 Å². The molecular formula is C18H32ClN3O2. The second kappa shape index (κ2) is 8.52. The van der Waals surface area contributed by atoms with Crippen molar-refractivity contribution in [3.05, 3.63) is 0 Å². The molecule has 3 fully saturated rings. The highest BCUT2D eigenvalue weighted by atomic mass is 35.5. The number of nitrogens with two attached hydrogens (primary N) is 1. The third-order valence-electron chi connectivity index (χ3n) is 6.00. The van der Waals surface area contributed by atoms with Gasteiger partial charge in [-0.15, -0.1) is 12.4 Å². The molecule has 1 aliphatic heterocycles. The Morgan fingerprint density at radius 1 is 0.792 bits per heavy atom. The third-order valence-corrected chi connectivity index (χ3v) is 6.00. The number of carbonyl (C=O) groups is 2. The highest BCUT2D eigenvalue weighted by Crippen LogP contribution is 2.29. The van der Waals surface area contributed by atoms with E-state index in [1.165, 1.54) is 25.7 Å². The second-order valence-corrected chi connectivity index (χ2v) is 7.67. The van der Waals surface area contributed by atoms with Crippen molar-refractivity contribution in [3.8, 4) is 0 Å².